The first-order chi connectivity index (χ1) is 60.9. The summed E-state index contributed by atoms with van der Waals surface area (Å²) in [4.78, 5) is 96.3. The molecule has 2 amide bonds. The number of anilines is 1. The second-order valence-corrected chi connectivity index (χ2v) is 35.8. The number of thiophene rings is 3. The highest BCUT2D eigenvalue weighted by Gasteiger charge is 2.43. The van der Waals surface area contributed by atoms with Gasteiger partial charge in [0.25, 0.3) is 17.5 Å². The molecule has 0 bridgehead atoms. The molecule has 3 aliphatic carbocycles. The largest absolute Gasteiger partial charge is 0.507 e. The van der Waals surface area contributed by atoms with Gasteiger partial charge in [0.2, 0.25) is 11.8 Å². The van der Waals surface area contributed by atoms with Crippen LogP contribution < -0.4 is 26.9 Å². The summed E-state index contributed by atoms with van der Waals surface area (Å²) in [7, 11) is -3.20. The number of ketones is 2. The summed E-state index contributed by atoms with van der Waals surface area (Å²) in [6, 6.07) is 49.8. The van der Waals surface area contributed by atoms with Crippen molar-refractivity contribution in [1.29, 1.82) is 0 Å². The fraction of sp³-hybridized carbons (Fsp3) is 0.232. The third-order valence-electron chi connectivity index (χ3n) is 19.6. The van der Waals surface area contributed by atoms with Crippen molar-refractivity contribution in [3.8, 4) is 29.6 Å². The molecule has 2 aliphatic heterocycles. The van der Waals surface area contributed by atoms with E-state index in [2.05, 4.69) is 47.7 Å². The summed E-state index contributed by atoms with van der Waals surface area (Å²) in [5, 5.41) is 42.1. The van der Waals surface area contributed by atoms with Crippen LogP contribution in [0.15, 0.2) is 257 Å². The number of nitro groups is 1. The quantitative estimate of drug-likeness (QED) is 0.0144. The lowest BCUT2D eigenvalue weighted by Gasteiger charge is -2.32. The Hall–Kier alpha value is -12.6. The van der Waals surface area contributed by atoms with Crippen LogP contribution in [0.1, 0.15) is 170 Å². The normalized spacial score (nSPS) is 15.1. The van der Waals surface area contributed by atoms with Crippen molar-refractivity contribution >= 4 is 159 Å². The maximum Gasteiger partial charge on any atom is 0.341 e. The molecule has 3 aromatic heterocycles. The van der Waals surface area contributed by atoms with Gasteiger partial charge >= 0.3 is 11.9 Å². The molecule has 658 valence electrons. The fourth-order valence-electron chi connectivity index (χ4n) is 13.6. The Bertz CT molecular complexity index is 6090. The number of amides is 2. The number of benzene rings is 7. The minimum absolute atomic E-state index is 0.00230. The smallest absolute Gasteiger partial charge is 0.341 e. The second kappa shape index (κ2) is 46.0. The number of carbonyl (C=O) groups excluding carboxylic acids is 6. The lowest BCUT2D eigenvalue weighted by molar-refractivity contribution is -0.384. The van der Waals surface area contributed by atoms with Gasteiger partial charge in [0.05, 0.1) is 69.6 Å². The van der Waals surface area contributed by atoms with Crippen LogP contribution in [-0.2, 0) is 56.0 Å². The lowest BCUT2D eigenvalue weighted by atomic mass is 9.77. The van der Waals surface area contributed by atoms with Gasteiger partial charge in [0, 0.05) is 113 Å². The molecule has 8 N–H and O–H groups in total. The zero-order chi connectivity index (χ0) is 91.6. The average Bonchev–Trinajstić information content (AvgIpc) is 1.26. The number of Topliss-reactive ketones (excluding diaryl/α,β-unsaturated/α-hetero) is 2. The molecule has 2 unspecified atom stereocenters. The number of phenols is 2. The van der Waals surface area contributed by atoms with Gasteiger partial charge in [-0.1, -0.05) is 117 Å². The van der Waals surface area contributed by atoms with E-state index >= 15 is 0 Å². The minimum Gasteiger partial charge on any atom is -0.507 e. The van der Waals surface area contributed by atoms with E-state index in [9.17, 15) is 57.5 Å². The summed E-state index contributed by atoms with van der Waals surface area (Å²) in [6.07, 6.45) is 18.9. The van der Waals surface area contributed by atoms with Crippen LogP contribution in [0.3, 0.4) is 0 Å². The van der Waals surface area contributed by atoms with Crippen LogP contribution in [-0.4, -0.2) is 103 Å². The highest BCUT2D eigenvalue weighted by atomic mass is 79.9. The number of esters is 2. The minimum atomic E-state index is -3.20. The van der Waals surface area contributed by atoms with E-state index in [1.54, 1.807) is 110 Å². The van der Waals surface area contributed by atoms with E-state index in [0.29, 0.717) is 115 Å². The Morgan fingerprint density at radius 1 is 0.709 bits per heavy atom. The molecule has 15 rings (SSSR count). The molecule has 0 saturated carbocycles. The van der Waals surface area contributed by atoms with Crippen LogP contribution in [0.25, 0.3) is 0 Å². The standard InChI is InChI=1S/C21H25NO4S.C17H13Cl2NO2.C17H19NO4S.C14H12BrNO3S.C14H12N2O3.C12H10N2OS/c1-4-25-16-11-7-5-9-14(16)19(23)22-20-18(21(24)26-13(2)3)15-10-6-8-12-17(15)27-20;1-2-9-14(15-10(18)5-3-6-11(15)19)16-12(21)7-4-8-13(16)22-17(9)20;1-3-21-17(20)14-13(15-9(2)7-8-23-15)12-10(19)5-4-6-11(12)22-16(14)18;1-20(18,19)13-5-3-12(4-6-13)16-9-10-8-11(15)2-7-14(10)17;1-10-2-4-11(5-3-10)9-15-13-8-12(16(18)19)6-7-14(13)17;15-12(10-5-2-1-3-6-10)14-13-9-11-7-4-8-16-11/h5,7,9,11,13H,4,6,8,10,12H2,1-3H3,(H,22,23);1,3,5-6,14H,4,7-8,20H2;7-8,13H,3-6,18H2,1-2H3;2-9,17H,1H3;2-9,17H,1H3;1-9H,(H,14,15)/b;;;;;13-9+. The van der Waals surface area contributed by atoms with E-state index in [1.807, 2.05) is 112 Å². The predicted octanol–water partition coefficient (Wildman–Crippen LogP) is 20.9. The number of para-hydroxylation sites is 1. The highest BCUT2D eigenvalue weighted by Crippen LogP contribution is 2.49. The molecule has 7 aromatic carbocycles. The monoisotopic (exact) mass is 1890 g/mol. The molecular formula is C95H91BrCl2N8O17S4. The maximum absolute atomic E-state index is 12.9. The number of nitro benzene ring substituents is 1. The first-order valence-corrected chi connectivity index (χ1v) is 46.1. The van der Waals surface area contributed by atoms with Gasteiger partial charge in [0.1, 0.15) is 45.0 Å². The summed E-state index contributed by atoms with van der Waals surface area (Å²) in [5.41, 5.74) is 23.7. The molecule has 127 heavy (non-hydrogen) atoms. The number of phenolic OH excluding ortho intramolecular Hbond substituents is 2. The number of nitrogens with zero attached hydrogens (tertiary/aromatic N) is 4. The van der Waals surface area contributed by atoms with Crippen LogP contribution in [0, 0.1) is 36.3 Å². The van der Waals surface area contributed by atoms with E-state index < -0.39 is 32.6 Å². The van der Waals surface area contributed by atoms with Gasteiger partial charge < -0.3 is 50.7 Å². The number of hydrazone groups is 1. The van der Waals surface area contributed by atoms with E-state index in [0.717, 1.165) is 81.3 Å². The number of nitrogens with one attached hydrogen (secondary N) is 2. The van der Waals surface area contributed by atoms with Gasteiger partial charge in [-0.25, -0.2) is 23.4 Å². The Morgan fingerprint density at radius 3 is 1.98 bits per heavy atom. The van der Waals surface area contributed by atoms with Gasteiger partial charge in [0.15, 0.2) is 21.4 Å². The van der Waals surface area contributed by atoms with Crippen molar-refractivity contribution in [1.82, 2.24) is 5.43 Å². The number of aromatic hydroxyl groups is 2. The Labute approximate surface area is 765 Å². The number of carbonyl (C=O) groups is 6. The number of non-ortho nitro benzene ring substituents is 1. The molecule has 0 radical (unpaired) electrons. The third-order valence-corrected chi connectivity index (χ3v) is 25.0. The molecule has 2 atom stereocenters. The van der Waals surface area contributed by atoms with Crippen molar-refractivity contribution in [3.05, 3.63) is 322 Å². The van der Waals surface area contributed by atoms with Crippen LogP contribution in [0.5, 0.6) is 17.2 Å². The Morgan fingerprint density at radius 2 is 1.36 bits per heavy atom. The van der Waals surface area contributed by atoms with Gasteiger partial charge in [-0.15, -0.1) is 40.4 Å². The fourth-order valence-corrected chi connectivity index (χ4v) is 18.1. The zero-order valence-electron chi connectivity index (χ0n) is 70.2. The molecule has 10 aromatic rings. The van der Waals surface area contributed by atoms with Gasteiger partial charge in [-0.05, 0) is 205 Å². The number of aryl methyl sites for hydroxylation is 3. The number of rotatable bonds is 19. The molecule has 5 heterocycles. The van der Waals surface area contributed by atoms with Crippen molar-refractivity contribution in [2.45, 2.75) is 129 Å². The lowest BCUT2D eigenvalue weighted by Crippen LogP contribution is -2.31. The van der Waals surface area contributed by atoms with E-state index in [-0.39, 0.29) is 87.2 Å². The van der Waals surface area contributed by atoms with Crippen LogP contribution >= 0.6 is 73.1 Å². The number of sulfone groups is 1. The van der Waals surface area contributed by atoms with Crippen molar-refractivity contribution in [2.75, 3.05) is 24.8 Å². The van der Waals surface area contributed by atoms with Crippen molar-refractivity contribution in [3.63, 3.8) is 0 Å². The number of halogens is 3. The molecule has 0 saturated heterocycles. The first kappa shape index (κ1) is 96.6. The molecule has 32 heteroatoms. The number of nitrogens with two attached hydrogens (primary N) is 2. The number of hydrogen-bond acceptors (Lipinski definition) is 25. The zero-order valence-corrected chi connectivity index (χ0v) is 76.5. The summed E-state index contributed by atoms with van der Waals surface area (Å²) in [6.45, 7) is 11.9. The number of fused-ring (bicyclic) bond motifs is 1. The average molecular weight is 1900 g/mol. The summed E-state index contributed by atoms with van der Waals surface area (Å²) in [5.74, 6) is 2.12. The van der Waals surface area contributed by atoms with Crippen LogP contribution in [0.2, 0.25) is 10.0 Å². The topological polar surface area (TPSA) is 379 Å². The highest BCUT2D eigenvalue weighted by molar-refractivity contribution is 9.10. The molecular weight excluding hydrogens is 1800 g/mol. The third kappa shape index (κ3) is 26.1. The molecule has 5 aliphatic rings. The number of aliphatic imine (C=N–C) groups is 2. The second-order valence-electron chi connectivity index (χ2n) is 29.0. The van der Waals surface area contributed by atoms with E-state index in [1.165, 1.54) is 64.1 Å². The predicted molar refractivity (Wildman–Crippen MR) is 502 cm³/mol. The number of terminal acetylenes is 1. The van der Waals surface area contributed by atoms with Crippen LogP contribution in [0.4, 0.5) is 22.1 Å². The molecule has 0 spiro atoms. The summed E-state index contributed by atoms with van der Waals surface area (Å²) < 4.78 is 50.9. The Balaban J connectivity index is 0.000000160. The van der Waals surface area contributed by atoms with Crippen molar-refractivity contribution in [2.24, 2.45) is 26.6 Å². The van der Waals surface area contributed by atoms with Gasteiger partial charge in [-0.3, -0.25) is 39.3 Å². The van der Waals surface area contributed by atoms with E-state index in [4.69, 9.17) is 64.8 Å². The maximum atomic E-state index is 12.9. The first-order valence-electron chi connectivity index (χ1n) is 40.1. The summed E-state index contributed by atoms with van der Waals surface area (Å²) >= 11 is 20.5. The van der Waals surface area contributed by atoms with Gasteiger partial charge in [-0.2, -0.15) is 5.10 Å². The molecule has 0 fully saturated rings. The number of hydrogen-bond donors (Lipinski definition) is 6. The molecule has 25 nitrogen and oxygen atoms in total. The van der Waals surface area contributed by atoms with Crippen molar-refractivity contribution < 1.29 is 76.0 Å². The number of ether oxygens (including phenoxy) is 5. The number of allylic oxidation sites excluding steroid dienone is 5. The Kier molecular flexibility index (Phi) is 35.0. The SMILES string of the molecule is C#CC1=C(N)OC2=C(C(=O)CCC2)C1c1c(Cl)cccc1Cl.CCOC(=O)C1=C(N)OC2=C(C(=O)CCC2)C1c1sccc1C.CCOc1ccccc1C(=O)Nc1sc2c(c1C(=O)OC(C)C)CCCC2.CS(=O)(=O)c1ccc(N=Cc2cc(Br)ccc2O)cc1.Cc1ccc(C=Nc2cc([N+](=O)[O-])ccc2O)cc1.O=C(N/N=C/c1cccs1)c1ccccc1.